The molecule has 2 aromatic rings. The van der Waals surface area contributed by atoms with Gasteiger partial charge in [-0.15, -0.1) is 13.2 Å². The van der Waals surface area contributed by atoms with Gasteiger partial charge in [-0.25, -0.2) is 0 Å². The van der Waals surface area contributed by atoms with Gasteiger partial charge in [0.05, 0.1) is 13.0 Å². The number of nitrogens with one attached hydrogen (secondary N) is 2. The van der Waals surface area contributed by atoms with Gasteiger partial charge >= 0.3 is 6.36 Å². The van der Waals surface area contributed by atoms with Crippen LogP contribution in [0.15, 0.2) is 48.5 Å². The van der Waals surface area contributed by atoms with Gasteiger partial charge in [0, 0.05) is 25.1 Å². The fourth-order valence-electron chi connectivity index (χ4n) is 3.17. The van der Waals surface area contributed by atoms with Crippen LogP contribution < -0.4 is 14.8 Å². The molecule has 0 radical (unpaired) electrons. The molecule has 2 aromatic carbocycles. The number of carbonyl (C=O) groups excluding carboxylic acids is 2. The molecule has 0 bridgehead atoms. The summed E-state index contributed by atoms with van der Waals surface area (Å²) in [5, 5.41) is 10.4. The Morgan fingerprint density at radius 3 is 2.32 bits per heavy atom. The van der Waals surface area contributed by atoms with Crippen molar-refractivity contribution in [2.75, 3.05) is 13.7 Å². The summed E-state index contributed by atoms with van der Waals surface area (Å²) in [6.45, 7) is 0.563. The largest absolute Gasteiger partial charge is 0.573 e. The normalized spacial score (nSPS) is 16.2. The third-order valence-electron chi connectivity index (χ3n) is 4.74. The number of methoxy groups -OCH3 is 1. The number of nitrogens with zero attached hydrogens (tertiary/aromatic N) is 1. The molecule has 7 nitrogen and oxygen atoms in total. The summed E-state index contributed by atoms with van der Waals surface area (Å²) in [4.78, 5) is 26.3. The molecule has 1 aliphatic heterocycles. The Bertz CT molecular complexity index is 959. The minimum atomic E-state index is -4.81. The SMILES string of the molecule is COc1ccc(CN2CC(C(=O)NC(=N)c3ccc(OC(F)(F)F)cc3)CC2=O)cc1. The molecule has 0 spiro atoms. The van der Waals surface area contributed by atoms with E-state index in [2.05, 4.69) is 10.1 Å². The predicted molar refractivity (Wildman–Crippen MR) is 105 cm³/mol. The topological polar surface area (TPSA) is 91.7 Å². The molecule has 10 heteroatoms. The predicted octanol–water partition coefficient (Wildman–Crippen LogP) is 3.08. The number of rotatable bonds is 6. The van der Waals surface area contributed by atoms with Crippen LogP contribution in [0.4, 0.5) is 13.2 Å². The van der Waals surface area contributed by atoms with E-state index < -0.39 is 23.9 Å². The first-order valence-electron chi connectivity index (χ1n) is 9.31. The zero-order chi connectivity index (χ0) is 22.6. The zero-order valence-corrected chi connectivity index (χ0v) is 16.5. The Labute approximate surface area is 176 Å². The molecular formula is C21H20F3N3O4. The molecular weight excluding hydrogens is 415 g/mol. The molecule has 1 aliphatic rings. The Hall–Kier alpha value is -3.56. The van der Waals surface area contributed by atoms with Crippen LogP contribution in [0.3, 0.4) is 0 Å². The average molecular weight is 435 g/mol. The molecule has 2 amide bonds. The lowest BCUT2D eigenvalue weighted by Crippen LogP contribution is -2.37. The second-order valence-corrected chi connectivity index (χ2v) is 6.96. The molecule has 31 heavy (non-hydrogen) atoms. The fourth-order valence-corrected chi connectivity index (χ4v) is 3.17. The van der Waals surface area contributed by atoms with Gasteiger partial charge in [0.1, 0.15) is 17.3 Å². The summed E-state index contributed by atoms with van der Waals surface area (Å²) in [6, 6.07) is 11.8. The number of halogens is 3. The molecule has 0 aliphatic carbocycles. The summed E-state index contributed by atoms with van der Waals surface area (Å²) in [5.41, 5.74) is 1.10. The lowest BCUT2D eigenvalue weighted by Gasteiger charge is -2.17. The number of hydrogen-bond donors (Lipinski definition) is 2. The monoisotopic (exact) mass is 435 g/mol. The van der Waals surface area contributed by atoms with Crippen LogP contribution in [0.25, 0.3) is 0 Å². The van der Waals surface area contributed by atoms with E-state index in [4.69, 9.17) is 10.1 Å². The van der Waals surface area contributed by atoms with Crippen LogP contribution in [0.2, 0.25) is 0 Å². The van der Waals surface area contributed by atoms with E-state index in [0.29, 0.717) is 12.3 Å². The summed E-state index contributed by atoms with van der Waals surface area (Å²) < 4.78 is 45.5. The van der Waals surface area contributed by atoms with E-state index in [1.165, 1.54) is 12.1 Å². The van der Waals surface area contributed by atoms with Crippen LogP contribution in [-0.2, 0) is 16.1 Å². The number of alkyl halides is 3. The van der Waals surface area contributed by atoms with E-state index in [-0.39, 0.29) is 30.3 Å². The number of ether oxygens (including phenoxy) is 2. The lowest BCUT2D eigenvalue weighted by atomic mass is 10.1. The smallest absolute Gasteiger partial charge is 0.497 e. The lowest BCUT2D eigenvalue weighted by molar-refractivity contribution is -0.274. The highest BCUT2D eigenvalue weighted by molar-refractivity contribution is 6.07. The van der Waals surface area contributed by atoms with Crippen molar-refractivity contribution < 1.29 is 32.2 Å². The first kappa shape index (κ1) is 22.1. The minimum Gasteiger partial charge on any atom is -0.497 e. The van der Waals surface area contributed by atoms with Crippen LogP contribution >= 0.6 is 0 Å². The molecule has 1 saturated heterocycles. The standard InChI is InChI=1S/C21H20F3N3O4/c1-30-16-6-2-13(3-7-16)11-27-12-15(10-18(27)28)20(29)26-19(25)14-4-8-17(9-5-14)31-21(22,23)24/h2-9,15H,10-12H2,1H3,(H2,25,26,29). The Morgan fingerprint density at radius 2 is 1.74 bits per heavy atom. The highest BCUT2D eigenvalue weighted by atomic mass is 19.4. The van der Waals surface area contributed by atoms with Crippen molar-refractivity contribution >= 4 is 17.6 Å². The van der Waals surface area contributed by atoms with Crippen molar-refractivity contribution in [1.29, 1.82) is 5.41 Å². The summed E-state index contributed by atoms with van der Waals surface area (Å²) in [7, 11) is 1.56. The van der Waals surface area contributed by atoms with Crippen molar-refractivity contribution in [3.63, 3.8) is 0 Å². The third-order valence-corrected chi connectivity index (χ3v) is 4.74. The van der Waals surface area contributed by atoms with Crippen molar-refractivity contribution in [2.24, 2.45) is 5.92 Å². The van der Waals surface area contributed by atoms with Gasteiger partial charge in [-0.1, -0.05) is 12.1 Å². The number of carbonyl (C=O) groups is 2. The van der Waals surface area contributed by atoms with Gasteiger partial charge in [0.25, 0.3) is 0 Å². The van der Waals surface area contributed by atoms with Crippen LogP contribution in [0.1, 0.15) is 17.5 Å². The van der Waals surface area contributed by atoms with Crippen molar-refractivity contribution in [3.8, 4) is 11.5 Å². The third kappa shape index (κ3) is 5.97. The fraction of sp³-hybridized carbons (Fsp3) is 0.286. The maximum absolute atomic E-state index is 12.5. The highest BCUT2D eigenvalue weighted by Gasteiger charge is 2.35. The number of amidine groups is 1. The molecule has 1 atom stereocenters. The second-order valence-electron chi connectivity index (χ2n) is 6.96. The van der Waals surface area contributed by atoms with Gasteiger partial charge < -0.3 is 19.7 Å². The Kier molecular flexibility index (Phi) is 6.47. The van der Waals surface area contributed by atoms with Gasteiger partial charge in [-0.3, -0.25) is 15.0 Å². The maximum Gasteiger partial charge on any atom is 0.573 e. The molecule has 1 heterocycles. The van der Waals surface area contributed by atoms with Crippen LogP contribution in [-0.4, -0.2) is 42.6 Å². The van der Waals surface area contributed by atoms with Crippen LogP contribution in [0, 0.1) is 11.3 Å². The molecule has 0 aromatic heterocycles. The maximum atomic E-state index is 12.5. The Balaban J connectivity index is 1.55. The minimum absolute atomic E-state index is 0.0215. The molecule has 164 valence electrons. The number of likely N-dealkylation sites (tertiary alicyclic amines) is 1. The summed E-state index contributed by atoms with van der Waals surface area (Å²) >= 11 is 0. The summed E-state index contributed by atoms with van der Waals surface area (Å²) in [6.07, 6.45) is -4.79. The zero-order valence-electron chi connectivity index (χ0n) is 16.5. The number of amides is 2. The summed E-state index contributed by atoms with van der Waals surface area (Å²) in [5.74, 6) is -1.29. The van der Waals surface area contributed by atoms with Gasteiger partial charge in [-0.05, 0) is 42.0 Å². The van der Waals surface area contributed by atoms with Gasteiger partial charge in [-0.2, -0.15) is 0 Å². The van der Waals surface area contributed by atoms with Gasteiger partial charge in [0.15, 0.2) is 0 Å². The number of benzene rings is 2. The molecule has 1 fully saturated rings. The van der Waals surface area contributed by atoms with E-state index in [1.54, 1.807) is 24.1 Å². The van der Waals surface area contributed by atoms with E-state index in [1.807, 2.05) is 12.1 Å². The van der Waals surface area contributed by atoms with E-state index in [0.717, 1.165) is 17.7 Å². The van der Waals surface area contributed by atoms with Gasteiger partial charge in [0.2, 0.25) is 11.8 Å². The second kappa shape index (κ2) is 9.07. The van der Waals surface area contributed by atoms with Crippen molar-refractivity contribution in [1.82, 2.24) is 10.2 Å². The molecule has 0 saturated carbocycles. The highest BCUT2D eigenvalue weighted by Crippen LogP contribution is 2.24. The molecule has 3 rings (SSSR count). The van der Waals surface area contributed by atoms with Crippen molar-refractivity contribution in [3.05, 3.63) is 59.7 Å². The Morgan fingerprint density at radius 1 is 1.13 bits per heavy atom. The first-order valence-corrected chi connectivity index (χ1v) is 9.31. The van der Waals surface area contributed by atoms with E-state index in [9.17, 15) is 22.8 Å². The number of hydrogen-bond acceptors (Lipinski definition) is 5. The first-order chi connectivity index (χ1) is 14.6. The molecule has 1 unspecified atom stereocenters. The molecule has 2 N–H and O–H groups in total. The van der Waals surface area contributed by atoms with Crippen LogP contribution in [0.5, 0.6) is 11.5 Å². The average Bonchev–Trinajstić information content (AvgIpc) is 3.08. The van der Waals surface area contributed by atoms with Crippen molar-refractivity contribution in [2.45, 2.75) is 19.3 Å². The van der Waals surface area contributed by atoms with E-state index >= 15 is 0 Å². The quantitative estimate of drug-likeness (QED) is 0.539.